The highest BCUT2D eigenvalue weighted by Gasteiger charge is 2.33. The normalized spacial score (nSPS) is 18.0. The number of hydrogen-bond acceptors (Lipinski definition) is 6. The third kappa shape index (κ3) is 3.80. The average molecular weight is 424 g/mol. The summed E-state index contributed by atoms with van der Waals surface area (Å²) in [4.78, 5) is 21.4. The molecule has 0 spiro atoms. The number of rotatable bonds is 5. The number of nitrogens with one attached hydrogen (secondary N) is 1. The molecule has 156 valence electrons. The SMILES string of the molecule is O=C(Nc1sc2c(c1[C@H](c1ccccn1)N1CCOCC1)CCCC2)c1ccco1. The van der Waals surface area contributed by atoms with E-state index in [4.69, 9.17) is 14.1 Å². The van der Waals surface area contributed by atoms with Crippen LogP contribution in [0.2, 0.25) is 0 Å². The fourth-order valence-electron chi connectivity index (χ4n) is 4.44. The predicted molar refractivity (Wildman–Crippen MR) is 116 cm³/mol. The molecule has 1 fully saturated rings. The summed E-state index contributed by atoms with van der Waals surface area (Å²) in [6.45, 7) is 3.11. The van der Waals surface area contributed by atoms with Gasteiger partial charge in [0.15, 0.2) is 5.76 Å². The quantitative estimate of drug-likeness (QED) is 0.663. The molecular formula is C23H25N3O3S. The Morgan fingerprint density at radius 2 is 2.00 bits per heavy atom. The number of anilines is 1. The molecule has 3 aromatic heterocycles. The minimum Gasteiger partial charge on any atom is -0.459 e. The molecule has 1 aliphatic heterocycles. The zero-order valence-corrected chi connectivity index (χ0v) is 17.6. The Bertz CT molecular complexity index is 994. The second-order valence-electron chi connectivity index (χ2n) is 7.69. The highest BCUT2D eigenvalue weighted by Crippen LogP contribution is 2.45. The molecule has 1 aliphatic carbocycles. The summed E-state index contributed by atoms with van der Waals surface area (Å²) in [5, 5.41) is 4.08. The van der Waals surface area contributed by atoms with Gasteiger partial charge in [0.2, 0.25) is 0 Å². The third-order valence-corrected chi connectivity index (χ3v) is 7.06. The van der Waals surface area contributed by atoms with Crippen LogP contribution in [0, 0.1) is 0 Å². The van der Waals surface area contributed by atoms with E-state index >= 15 is 0 Å². The van der Waals surface area contributed by atoms with E-state index < -0.39 is 0 Å². The standard InChI is InChI=1S/C23H25N3O3S/c27-22(18-8-5-13-29-18)25-23-20(16-6-1-2-9-19(16)30-23)21(17-7-3-4-10-24-17)26-11-14-28-15-12-26/h3-5,7-8,10,13,21H,1-2,6,9,11-12,14-15H2,(H,25,27)/t21-/m0/s1. The summed E-state index contributed by atoms with van der Waals surface area (Å²) in [6, 6.07) is 9.50. The van der Waals surface area contributed by atoms with Crippen LogP contribution in [-0.2, 0) is 17.6 Å². The topological polar surface area (TPSA) is 67.6 Å². The van der Waals surface area contributed by atoms with E-state index in [1.54, 1.807) is 23.5 Å². The van der Waals surface area contributed by atoms with Crippen LogP contribution in [0.4, 0.5) is 5.00 Å². The first kappa shape index (κ1) is 19.5. The molecule has 6 nitrogen and oxygen atoms in total. The molecule has 2 aliphatic rings. The number of furan rings is 1. The molecule has 1 atom stereocenters. The van der Waals surface area contributed by atoms with E-state index in [1.807, 2.05) is 18.3 Å². The van der Waals surface area contributed by atoms with E-state index in [0.29, 0.717) is 19.0 Å². The number of thiophene rings is 1. The molecule has 1 saturated heterocycles. The Labute approximate surface area is 179 Å². The van der Waals surface area contributed by atoms with Gasteiger partial charge >= 0.3 is 0 Å². The maximum atomic E-state index is 12.8. The van der Waals surface area contributed by atoms with Gasteiger partial charge in [-0.1, -0.05) is 6.07 Å². The van der Waals surface area contributed by atoms with Gasteiger partial charge in [-0.25, -0.2) is 0 Å². The van der Waals surface area contributed by atoms with Crippen molar-refractivity contribution in [3.05, 3.63) is 70.3 Å². The van der Waals surface area contributed by atoms with Crippen LogP contribution in [0.15, 0.2) is 47.2 Å². The van der Waals surface area contributed by atoms with Crippen LogP contribution >= 0.6 is 11.3 Å². The Balaban J connectivity index is 1.60. The van der Waals surface area contributed by atoms with E-state index in [0.717, 1.165) is 36.6 Å². The molecule has 1 amide bonds. The van der Waals surface area contributed by atoms with Crippen molar-refractivity contribution in [2.24, 2.45) is 0 Å². The van der Waals surface area contributed by atoms with E-state index in [2.05, 4.69) is 16.3 Å². The van der Waals surface area contributed by atoms with Crippen LogP contribution in [0.25, 0.3) is 0 Å². The third-order valence-electron chi connectivity index (χ3n) is 5.84. The van der Waals surface area contributed by atoms with Gasteiger partial charge in [0.25, 0.3) is 5.91 Å². The number of carbonyl (C=O) groups excluding carboxylic acids is 1. The number of morpholine rings is 1. The lowest BCUT2D eigenvalue weighted by molar-refractivity contribution is 0.0232. The van der Waals surface area contributed by atoms with Crippen molar-refractivity contribution >= 4 is 22.2 Å². The van der Waals surface area contributed by atoms with E-state index in [1.165, 1.54) is 35.1 Å². The Kier molecular flexibility index (Phi) is 5.66. The molecule has 4 heterocycles. The summed E-state index contributed by atoms with van der Waals surface area (Å²) in [5.74, 6) is 0.120. The van der Waals surface area contributed by atoms with Gasteiger partial charge in [-0.2, -0.15) is 0 Å². The molecular weight excluding hydrogens is 398 g/mol. The first-order chi connectivity index (χ1) is 14.8. The molecule has 0 bridgehead atoms. The minimum absolute atomic E-state index is 0.0000935. The molecule has 0 saturated carbocycles. The Hall–Kier alpha value is -2.48. The van der Waals surface area contributed by atoms with Crippen molar-refractivity contribution in [1.29, 1.82) is 0 Å². The predicted octanol–water partition coefficient (Wildman–Crippen LogP) is 4.29. The van der Waals surface area contributed by atoms with Gasteiger partial charge in [-0.15, -0.1) is 11.3 Å². The highest BCUT2D eigenvalue weighted by molar-refractivity contribution is 7.16. The molecule has 5 rings (SSSR count). The van der Waals surface area contributed by atoms with Crippen LogP contribution in [0.5, 0.6) is 0 Å². The van der Waals surface area contributed by atoms with Gasteiger partial charge in [0.05, 0.1) is 31.2 Å². The number of nitrogens with zero attached hydrogens (tertiary/aromatic N) is 2. The molecule has 0 aromatic carbocycles. The van der Waals surface area contributed by atoms with Crippen LogP contribution in [0.3, 0.4) is 0 Å². The monoisotopic (exact) mass is 423 g/mol. The zero-order valence-electron chi connectivity index (χ0n) is 16.8. The van der Waals surface area contributed by atoms with Gasteiger partial charge in [-0.05, 0) is 55.5 Å². The molecule has 30 heavy (non-hydrogen) atoms. The molecule has 0 unspecified atom stereocenters. The zero-order chi connectivity index (χ0) is 20.3. The van der Waals surface area contributed by atoms with Gasteiger partial charge < -0.3 is 14.5 Å². The summed E-state index contributed by atoms with van der Waals surface area (Å²) in [7, 11) is 0. The minimum atomic E-state index is -0.207. The second kappa shape index (κ2) is 8.71. The van der Waals surface area contributed by atoms with Crippen molar-refractivity contribution in [3.8, 4) is 0 Å². The summed E-state index contributed by atoms with van der Waals surface area (Å²) < 4.78 is 10.9. The fraction of sp³-hybridized carbons (Fsp3) is 0.391. The van der Waals surface area contributed by atoms with Gasteiger partial charge in [0, 0.05) is 29.7 Å². The number of aromatic nitrogens is 1. The highest BCUT2D eigenvalue weighted by atomic mass is 32.1. The largest absolute Gasteiger partial charge is 0.459 e. The lowest BCUT2D eigenvalue weighted by Gasteiger charge is -2.35. The Morgan fingerprint density at radius 1 is 1.13 bits per heavy atom. The summed E-state index contributed by atoms with van der Waals surface area (Å²) in [6.07, 6.45) is 7.88. The maximum absolute atomic E-state index is 12.8. The van der Waals surface area contributed by atoms with Crippen molar-refractivity contribution in [3.63, 3.8) is 0 Å². The van der Waals surface area contributed by atoms with E-state index in [-0.39, 0.29) is 11.9 Å². The number of fused-ring (bicyclic) bond motifs is 1. The van der Waals surface area contributed by atoms with Crippen LogP contribution in [-0.4, -0.2) is 42.1 Å². The molecule has 3 aromatic rings. The van der Waals surface area contributed by atoms with Crippen molar-refractivity contribution in [1.82, 2.24) is 9.88 Å². The first-order valence-corrected chi connectivity index (χ1v) is 11.3. The number of hydrogen-bond donors (Lipinski definition) is 1. The lowest BCUT2D eigenvalue weighted by atomic mass is 9.90. The Morgan fingerprint density at radius 3 is 2.77 bits per heavy atom. The smallest absolute Gasteiger partial charge is 0.291 e. The van der Waals surface area contributed by atoms with E-state index in [9.17, 15) is 4.79 Å². The number of ether oxygens (including phenoxy) is 1. The van der Waals surface area contributed by atoms with Gasteiger partial charge in [0.1, 0.15) is 5.00 Å². The van der Waals surface area contributed by atoms with Crippen molar-refractivity contribution in [2.75, 3.05) is 31.6 Å². The number of aryl methyl sites for hydroxylation is 1. The second-order valence-corrected chi connectivity index (χ2v) is 8.80. The lowest BCUT2D eigenvalue weighted by Crippen LogP contribution is -2.40. The molecule has 7 heteroatoms. The van der Waals surface area contributed by atoms with Crippen molar-refractivity contribution < 1.29 is 13.9 Å². The number of amides is 1. The molecule has 0 radical (unpaired) electrons. The fourth-order valence-corrected chi connectivity index (χ4v) is 5.75. The van der Waals surface area contributed by atoms with Crippen molar-refractivity contribution in [2.45, 2.75) is 31.7 Å². The maximum Gasteiger partial charge on any atom is 0.291 e. The summed E-state index contributed by atoms with van der Waals surface area (Å²) >= 11 is 1.72. The first-order valence-electron chi connectivity index (χ1n) is 10.5. The summed E-state index contributed by atoms with van der Waals surface area (Å²) in [5.41, 5.74) is 3.61. The average Bonchev–Trinajstić information content (AvgIpc) is 3.45. The van der Waals surface area contributed by atoms with Crippen LogP contribution in [0.1, 0.15) is 51.1 Å². The van der Waals surface area contributed by atoms with Gasteiger partial charge in [-0.3, -0.25) is 14.7 Å². The van der Waals surface area contributed by atoms with Crippen LogP contribution < -0.4 is 5.32 Å². The number of pyridine rings is 1. The number of carbonyl (C=O) groups is 1. The molecule has 1 N–H and O–H groups in total.